The maximum Gasteiger partial charge on any atom is 0.178 e. The minimum atomic E-state index is 0.162. The molecule has 0 aliphatic rings. The maximum absolute atomic E-state index is 5.96. The standard InChI is InChI=1S/C17H18N4/c1-2-14(18)9-12-10-20-17(21-11-12)16-15-6-4-3-5-13(15)7-8-19-16/h3-8,10-11,14H,2,9,18H2,1H3. The van der Waals surface area contributed by atoms with E-state index in [9.17, 15) is 0 Å². The van der Waals surface area contributed by atoms with Crippen molar-refractivity contribution in [1.82, 2.24) is 15.0 Å². The van der Waals surface area contributed by atoms with Gasteiger partial charge in [-0.05, 0) is 29.9 Å². The molecule has 0 amide bonds. The van der Waals surface area contributed by atoms with Crippen molar-refractivity contribution < 1.29 is 0 Å². The van der Waals surface area contributed by atoms with Gasteiger partial charge in [-0.15, -0.1) is 0 Å². The molecule has 1 aromatic carbocycles. The number of benzene rings is 1. The van der Waals surface area contributed by atoms with Gasteiger partial charge in [0.25, 0.3) is 0 Å². The molecule has 0 bridgehead atoms. The van der Waals surface area contributed by atoms with Gasteiger partial charge in [0.15, 0.2) is 5.82 Å². The van der Waals surface area contributed by atoms with Gasteiger partial charge in [-0.3, -0.25) is 4.98 Å². The highest BCUT2D eigenvalue weighted by atomic mass is 14.9. The summed E-state index contributed by atoms with van der Waals surface area (Å²) in [5, 5.41) is 2.21. The second-order valence-corrected chi connectivity index (χ2v) is 5.17. The average Bonchev–Trinajstić information content (AvgIpc) is 2.55. The SMILES string of the molecule is CCC(N)Cc1cnc(-c2nccc3ccccc23)nc1. The Bertz CT molecular complexity index is 732. The van der Waals surface area contributed by atoms with Crippen LogP contribution >= 0.6 is 0 Å². The van der Waals surface area contributed by atoms with E-state index in [1.165, 1.54) is 0 Å². The van der Waals surface area contributed by atoms with Crippen molar-refractivity contribution in [3.63, 3.8) is 0 Å². The number of pyridine rings is 1. The van der Waals surface area contributed by atoms with E-state index in [4.69, 9.17) is 5.73 Å². The Hall–Kier alpha value is -2.33. The molecule has 21 heavy (non-hydrogen) atoms. The van der Waals surface area contributed by atoms with Crippen molar-refractivity contribution in [2.75, 3.05) is 0 Å². The number of nitrogens with two attached hydrogens (primary N) is 1. The Morgan fingerprint density at radius 2 is 1.81 bits per heavy atom. The van der Waals surface area contributed by atoms with Crippen LogP contribution in [-0.4, -0.2) is 21.0 Å². The number of hydrogen-bond acceptors (Lipinski definition) is 4. The van der Waals surface area contributed by atoms with Gasteiger partial charge in [0.2, 0.25) is 0 Å². The summed E-state index contributed by atoms with van der Waals surface area (Å²) in [6.45, 7) is 2.08. The summed E-state index contributed by atoms with van der Waals surface area (Å²) in [4.78, 5) is 13.3. The van der Waals surface area contributed by atoms with E-state index in [0.717, 1.165) is 34.9 Å². The molecule has 1 unspecified atom stereocenters. The largest absolute Gasteiger partial charge is 0.327 e. The number of fused-ring (bicyclic) bond motifs is 1. The van der Waals surface area contributed by atoms with Gasteiger partial charge < -0.3 is 5.73 Å². The van der Waals surface area contributed by atoms with Crippen LogP contribution in [0.1, 0.15) is 18.9 Å². The van der Waals surface area contributed by atoms with Crippen LogP contribution in [0.15, 0.2) is 48.9 Å². The fourth-order valence-corrected chi connectivity index (χ4v) is 2.33. The van der Waals surface area contributed by atoms with Crippen molar-refractivity contribution in [2.24, 2.45) is 5.73 Å². The maximum atomic E-state index is 5.96. The van der Waals surface area contributed by atoms with E-state index in [2.05, 4.69) is 27.9 Å². The number of rotatable bonds is 4. The Balaban J connectivity index is 1.96. The van der Waals surface area contributed by atoms with E-state index < -0.39 is 0 Å². The first-order chi connectivity index (χ1) is 10.3. The minimum Gasteiger partial charge on any atom is -0.327 e. The highest BCUT2D eigenvalue weighted by Crippen LogP contribution is 2.23. The predicted molar refractivity (Wildman–Crippen MR) is 84.7 cm³/mol. The van der Waals surface area contributed by atoms with Crippen LogP contribution in [0.2, 0.25) is 0 Å². The topological polar surface area (TPSA) is 64.7 Å². The normalized spacial score (nSPS) is 12.5. The van der Waals surface area contributed by atoms with Gasteiger partial charge in [0, 0.05) is 30.0 Å². The van der Waals surface area contributed by atoms with Crippen molar-refractivity contribution in [2.45, 2.75) is 25.8 Å². The predicted octanol–water partition coefficient (Wildman–Crippen LogP) is 2.97. The van der Waals surface area contributed by atoms with Crippen LogP contribution in [-0.2, 0) is 6.42 Å². The molecule has 0 radical (unpaired) electrons. The third-order valence-corrected chi connectivity index (χ3v) is 3.61. The first kappa shape index (κ1) is 13.6. The average molecular weight is 278 g/mol. The van der Waals surface area contributed by atoms with E-state index in [1.54, 1.807) is 6.20 Å². The lowest BCUT2D eigenvalue weighted by atomic mass is 10.1. The monoisotopic (exact) mass is 278 g/mol. The molecule has 106 valence electrons. The van der Waals surface area contributed by atoms with Crippen molar-refractivity contribution in [1.29, 1.82) is 0 Å². The summed E-state index contributed by atoms with van der Waals surface area (Å²) in [7, 11) is 0. The zero-order chi connectivity index (χ0) is 14.7. The summed E-state index contributed by atoms with van der Waals surface area (Å²) in [5.41, 5.74) is 7.84. The lowest BCUT2D eigenvalue weighted by Crippen LogP contribution is -2.21. The molecule has 0 aliphatic carbocycles. The molecule has 2 N–H and O–H groups in total. The molecule has 2 heterocycles. The summed E-state index contributed by atoms with van der Waals surface area (Å²) >= 11 is 0. The molecular formula is C17H18N4. The highest BCUT2D eigenvalue weighted by molar-refractivity contribution is 5.92. The lowest BCUT2D eigenvalue weighted by molar-refractivity contribution is 0.643. The second kappa shape index (κ2) is 5.97. The van der Waals surface area contributed by atoms with Crippen LogP contribution in [0.3, 0.4) is 0 Å². The Morgan fingerprint density at radius 3 is 2.57 bits per heavy atom. The number of nitrogens with zero attached hydrogens (tertiary/aromatic N) is 3. The molecule has 3 rings (SSSR count). The van der Waals surface area contributed by atoms with Gasteiger partial charge in [0.05, 0.1) is 0 Å². The Morgan fingerprint density at radius 1 is 1.05 bits per heavy atom. The van der Waals surface area contributed by atoms with Crippen LogP contribution in [0, 0.1) is 0 Å². The molecule has 0 spiro atoms. The first-order valence-electron chi connectivity index (χ1n) is 7.18. The molecular weight excluding hydrogens is 260 g/mol. The van der Waals surface area contributed by atoms with Gasteiger partial charge >= 0.3 is 0 Å². The molecule has 0 saturated carbocycles. The van der Waals surface area contributed by atoms with Gasteiger partial charge in [0.1, 0.15) is 5.69 Å². The summed E-state index contributed by atoms with van der Waals surface area (Å²) in [6.07, 6.45) is 7.25. The van der Waals surface area contributed by atoms with E-state index in [1.807, 2.05) is 36.7 Å². The number of aromatic nitrogens is 3. The smallest absolute Gasteiger partial charge is 0.178 e. The third kappa shape index (κ3) is 2.90. The summed E-state index contributed by atoms with van der Waals surface area (Å²) < 4.78 is 0. The molecule has 4 heteroatoms. The lowest BCUT2D eigenvalue weighted by Gasteiger charge is -2.08. The van der Waals surface area contributed by atoms with Crippen LogP contribution in [0.4, 0.5) is 0 Å². The number of hydrogen-bond donors (Lipinski definition) is 1. The third-order valence-electron chi connectivity index (χ3n) is 3.61. The van der Waals surface area contributed by atoms with Crippen LogP contribution < -0.4 is 5.73 Å². The highest BCUT2D eigenvalue weighted by Gasteiger charge is 2.08. The van der Waals surface area contributed by atoms with Gasteiger partial charge in [-0.25, -0.2) is 9.97 Å². The molecule has 2 aromatic heterocycles. The summed E-state index contributed by atoms with van der Waals surface area (Å²) in [6, 6.07) is 10.3. The van der Waals surface area contributed by atoms with Crippen molar-refractivity contribution >= 4 is 10.8 Å². The molecule has 0 fully saturated rings. The fourth-order valence-electron chi connectivity index (χ4n) is 2.33. The van der Waals surface area contributed by atoms with Crippen molar-refractivity contribution in [3.8, 4) is 11.5 Å². The molecule has 1 atom stereocenters. The van der Waals surface area contributed by atoms with Crippen LogP contribution in [0.5, 0.6) is 0 Å². The first-order valence-corrected chi connectivity index (χ1v) is 7.18. The quantitative estimate of drug-likeness (QED) is 0.797. The molecule has 0 saturated heterocycles. The van der Waals surface area contributed by atoms with E-state index >= 15 is 0 Å². The van der Waals surface area contributed by atoms with Crippen LogP contribution in [0.25, 0.3) is 22.3 Å². The molecule has 4 nitrogen and oxygen atoms in total. The minimum absolute atomic E-state index is 0.162. The van der Waals surface area contributed by atoms with E-state index in [-0.39, 0.29) is 6.04 Å². The second-order valence-electron chi connectivity index (χ2n) is 5.17. The Labute approximate surface area is 124 Å². The van der Waals surface area contributed by atoms with Gasteiger partial charge in [-0.1, -0.05) is 31.2 Å². The fraction of sp³-hybridized carbons (Fsp3) is 0.235. The van der Waals surface area contributed by atoms with Crippen molar-refractivity contribution in [3.05, 3.63) is 54.5 Å². The zero-order valence-corrected chi connectivity index (χ0v) is 12.0. The van der Waals surface area contributed by atoms with Gasteiger partial charge in [-0.2, -0.15) is 0 Å². The zero-order valence-electron chi connectivity index (χ0n) is 12.0. The summed E-state index contributed by atoms with van der Waals surface area (Å²) in [5.74, 6) is 0.653. The molecule has 3 aromatic rings. The van der Waals surface area contributed by atoms with E-state index in [0.29, 0.717) is 5.82 Å². The Kier molecular flexibility index (Phi) is 3.88. The molecule has 0 aliphatic heterocycles.